The van der Waals surface area contributed by atoms with E-state index in [2.05, 4.69) is 10.1 Å². The number of aromatic nitrogens is 3. The molecule has 0 aliphatic carbocycles. The van der Waals surface area contributed by atoms with Gasteiger partial charge in [0, 0.05) is 11.1 Å². The van der Waals surface area contributed by atoms with Gasteiger partial charge in [-0.05, 0) is 17.7 Å². The largest absolute Gasteiger partial charge is 0.288 e. The lowest BCUT2D eigenvalue weighted by Gasteiger charge is -2.07. The van der Waals surface area contributed by atoms with Crippen LogP contribution in [0.3, 0.4) is 0 Å². The van der Waals surface area contributed by atoms with Gasteiger partial charge in [-0.25, -0.2) is 15.1 Å². The van der Waals surface area contributed by atoms with Crippen molar-refractivity contribution in [2.75, 3.05) is 0 Å². The van der Waals surface area contributed by atoms with Gasteiger partial charge < -0.3 is 0 Å². The third kappa shape index (κ3) is 2.87. The van der Waals surface area contributed by atoms with E-state index >= 15 is 0 Å². The fourth-order valence-electron chi connectivity index (χ4n) is 2.19. The fraction of sp³-hybridized carbons (Fsp3) is 0.0625. The summed E-state index contributed by atoms with van der Waals surface area (Å²) in [7, 11) is 0. The van der Waals surface area contributed by atoms with Gasteiger partial charge in [-0.15, -0.1) is 0 Å². The van der Waals surface area contributed by atoms with Crippen LogP contribution in [0.15, 0.2) is 60.9 Å². The van der Waals surface area contributed by atoms with Crippen molar-refractivity contribution in [3.8, 4) is 11.4 Å². The van der Waals surface area contributed by atoms with Gasteiger partial charge in [0.15, 0.2) is 5.82 Å². The molecule has 1 heterocycles. The Morgan fingerprint density at radius 2 is 1.82 bits per heavy atom. The van der Waals surface area contributed by atoms with Crippen LogP contribution in [0.2, 0.25) is 0 Å². The van der Waals surface area contributed by atoms with E-state index in [4.69, 9.17) is 5.21 Å². The average Bonchev–Trinajstić information content (AvgIpc) is 3.04. The quantitative estimate of drug-likeness (QED) is 0.570. The average molecular weight is 294 g/mol. The number of carbonyl (C=O) groups excluding carboxylic acids is 1. The number of benzene rings is 2. The van der Waals surface area contributed by atoms with Crippen LogP contribution in [-0.4, -0.2) is 25.9 Å². The van der Waals surface area contributed by atoms with Crippen molar-refractivity contribution in [1.82, 2.24) is 20.2 Å². The molecule has 22 heavy (non-hydrogen) atoms. The van der Waals surface area contributed by atoms with Crippen LogP contribution >= 0.6 is 0 Å². The smallest absolute Gasteiger partial charge is 0.274 e. The Labute approximate surface area is 127 Å². The first-order chi connectivity index (χ1) is 10.8. The van der Waals surface area contributed by atoms with Gasteiger partial charge >= 0.3 is 0 Å². The minimum atomic E-state index is -0.530. The Bertz CT molecular complexity index is 766. The van der Waals surface area contributed by atoms with Crippen LogP contribution in [0, 0.1) is 0 Å². The molecular weight excluding hydrogens is 280 g/mol. The molecule has 0 spiro atoms. The van der Waals surface area contributed by atoms with E-state index in [1.807, 2.05) is 42.5 Å². The van der Waals surface area contributed by atoms with Crippen molar-refractivity contribution in [3.63, 3.8) is 0 Å². The summed E-state index contributed by atoms with van der Waals surface area (Å²) in [5.74, 6) is 0.259. The maximum atomic E-state index is 11.3. The lowest BCUT2D eigenvalue weighted by atomic mass is 10.1. The minimum Gasteiger partial charge on any atom is -0.288 e. The van der Waals surface area contributed by atoms with Gasteiger partial charge in [0.25, 0.3) is 5.91 Å². The van der Waals surface area contributed by atoms with Crippen LogP contribution in [0.4, 0.5) is 0 Å². The second-order valence-electron chi connectivity index (χ2n) is 4.75. The standard InChI is InChI=1S/C16H14N4O2/c21-16(19-22)14-8-6-12(7-9-14)10-20-15(17-11-18-20)13-4-2-1-3-5-13/h1-9,11,22H,10H2,(H,19,21). The number of carbonyl (C=O) groups is 1. The van der Waals surface area contributed by atoms with Gasteiger partial charge in [0.05, 0.1) is 6.54 Å². The maximum Gasteiger partial charge on any atom is 0.274 e. The summed E-state index contributed by atoms with van der Waals surface area (Å²) in [6.45, 7) is 0.547. The monoisotopic (exact) mass is 294 g/mol. The highest BCUT2D eigenvalue weighted by Gasteiger charge is 2.08. The molecule has 2 aromatic carbocycles. The van der Waals surface area contributed by atoms with Crippen LogP contribution in [0.1, 0.15) is 15.9 Å². The van der Waals surface area contributed by atoms with Crippen LogP contribution in [-0.2, 0) is 6.54 Å². The van der Waals surface area contributed by atoms with Crippen LogP contribution in [0.25, 0.3) is 11.4 Å². The number of hydrogen-bond acceptors (Lipinski definition) is 4. The van der Waals surface area contributed by atoms with E-state index in [9.17, 15) is 4.79 Å². The van der Waals surface area contributed by atoms with E-state index in [-0.39, 0.29) is 0 Å². The molecule has 1 amide bonds. The Morgan fingerprint density at radius 3 is 2.50 bits per heavy atom. The van der Waals surface area contributed by atoms with E-state index in [1.54, 1.807) is 22.3 Å². The number of nitrogens with one attached hydrogen (secondary N) is 1. The molecule has 1 aromatic heterocycles. The molecule has 0 saturated heterocycles. The number of hydroxylamine groups is 1. The van der Waals surface area contributed by atoms with Crippen molar-refractivity contribution in [1.29, 1.82) is 0 Å². The predicted molar refractivity (Wildman–Crippen MR) is 80.3 cm³/mol. The molecule has 0 atom stereocenters. The third-order valence-electron chi connectivity index (χ3n) is 3.30. The lowest BCUT2D eigenvalue weighted by molar-refractivity contribution is 0.0706. The fourth-order valence-corrected chi connectivity index (χ4v) is 2.19. The second-order valence-corrected chi connectivity index (χ2v) is 4.75. The summed E-state index contributed by atoms with van der Waals surface area (Å²) in [5, 5.41) is 12.9. The molecule has 6 heteroatoms. The first kappa shape index (κ1) is 14.0. The molecule has 0 radical (unpaired) electrons. The Balaban J connectivity index is 1.83. The van der Waals surface area contributed by atoms with Gasteiger partial charge in [0.1, 0.15) is 6.33 Å². The molecule has 2 N–H and O–H groups in total. The molecule has 0 saturated carbocycles. The van der Waals surface area contributed by atoms with Crippen molar-refractivity contribution in [2.45, 2.75) is 6.54 Å². The molecule has 0 unspecified atom stereocenters. The summed E-state index contributed by atoms with van der Waals surface area (Å²) in [6.07, 6.45) is 1.52. The summed E-state index contributed by atoms with van der Waals surface area (Å²) in [4.78, 5) is 15.6. The molecule has 3 aromatic rings. The van der Waals surface area contributed by atoms with Crippen molar-refractivity contribution < 1.29 is 10.0 Å². The van der Waals surface area contributed by atoms with E-state index in [1.165, 1.54) is 6.33 Å². The molecule has 110 valence electrons. The maximum absolute atomic E-state index is 11.3. The Kier molecular flexibility index (Phi) is 3.93. The number of rotatable bonds is 4. The minimum absolute atomic E-state index is 0.396. The number of hydrogen-bond donors (Lipinski definition) is 2. The molecule has 6 nitrogen and oxygen atoms in total. The van der Waals surface area contributed by atoms with E-state index in [0.29, 0.717) is 12.1 Å². The number of nitrogens with zero attached hydrogens (tertiary/aromatic N) is 3. The molecular formula is C16H14N4O2. The van der Waals surface area contributed by atoms with Crippen molar-refractivity contribution in [2.24, 2.45) is 0 Å². The second kappa shape index (κ2) is 6.19. The molecule has 0 aliphatic heterocycles. The predicted octanol–water partition coefficient (Wildman–Crippen LogP) is 2.11. The topological polar surface area (TPSA) is 80.0 Å². The van der Waals surface area contributed by atoms with E-state index in [0.717, 1.165) is 17.0 Å². The van der Waals surface area contributed by atoms with Gasteiger partial charge in [-0.1, -0.05) is 42.5 Å². The highest BCUT2D eigenvalue weighted by molar-refractivity contribution is 5.93. The van der Waals surface area contributed by atoms with Gasteiger partial charge in [0.2, 0.25) is 0 Å². The summed E-state index contributed by atoms with van der Waals surface area (Å²) in [6, 6.07) is 16.8. The van der Waals surface area contributed by atoms with Gasteiger partial charge in [-0.2, -0.15) is 5.10 Å². The van der Waals surface area contributed by atoms with Crippen molar-refractivity contribution >= 4 is 5.91 Å². The zero-order valence-corrected chi connectivity index (χ0v) is 11.7. The molecule has 0 bridgehead atoms. The highest BCUT2D eigenvalue weighted by Crippen LogP contribution is 2.17. The van der Waals surface area contributed by atoms with Gasteiger partial charge in [-0.3, -0.25) is 10.0 Å². The first-order valence-corrected chi connectivity index (χ1v) is 6.74. The summed E-state index contributed by atoms with van der Waals surface area (Å²) < 4.78 is 1.80. The molecule has 0 fully saturated rings. The molecule has 0 aliphatic rings. The first-order valence-electron chi connectivity index (χ1n) is 6.74. The third-order valence-corrected chi connectivity index (χ3v) is 3.30. The molecule has 3 rings (SSSR count). The highest BCUT2D eigenvalue weighted by atomic mass is 16.5. The van der Waals surface area contributed by atoms with E-state index < -0.39 is 5.91 Å². The normalized spacial score (nSPS) is 10.4. The van der Waals surface area contributed by atoms with Crippen molar-refractivity contribution in [3.05, 3.63) is 72.1 Å². The Hall–Kier alpha value is -2.99. The SMILES string of the molecule is O=C(NO)c1ccc(Cn2ncnc2-c2ccccc2)cc1. The van der Waals surface area contributed by atoms with Crippen LogP contribution in [0.5, 0.6) is 0 Å². The Morgan fingerprint density at radius 1 is 1.09 bits per heavy atom. The summed E-state index contributed by atoms with van der Waals surface area (Å²) >= 11 is 0. The summed E-state index contributed by atoms with van der Waals surface area (Å²) in [5.41, 5.74) is 3.99. The zero-order chi connectivity index (χ0) is 15.4. The van der Waals surface area contributed by atoms with Crippen LogP contribution < -0.4 is 5.48 Å². The number of amides is 1. The zero-order valence-electron chi connectivity index (χ0n) is 11.7. The lowest BCUT2D eigenvalue weighted by Crippen LogP contribution is -2.18.